The van der Waals surface area contributed by atoms with E-state index in [1.54, 1.807) is 47.3 Å². The van der Waals surface area contributed by atoms with E-state index in [1.165, 1.54) is 6.92 Å². The van der Waals surface area contributed by atoms with Gasteiger partial charge in [0.05, 0.1) is 19.0 Å². The number of hydrogen-bond acceptors (Lipinski definition) is 3. The van der Waals surface area contributed by atoms with Crippen LogP contribution in [-0.4, -0.2) is 41.8 Å². The van der Waals surface area contributed by atoms with E-state index in [0.29, 0.717) is 23.9 Å². The molecular formula is C22H23ClN2O3. The van der Waals surface area contributed by atoms with Crippen LogP contribution in [0.4, 0.5) is 0 Å². The lowest BCUT2D eigenvalue weighted by atomic mass is 9.93. The van der Waals surface area contributed by atoms with Crippen LogP contribution in [0, 0.1) is 0 Å². The van der Waals surface area contributed by atoms with Crippen molar-refractivity contribution in [2.45, 2.75) is 19.4 Å². The van der Waals surface area contributed by atoms with E-state index < -0.39 is 0 Å². The highest BCUT2D eigenvalue weighted by atomic mass is 35.5. The Morgan fingerprint density at radius 3 is 2.57 bits per heavy atom. The number of nitrogens with zero attached hydrogens (tertiary/aromatic N) is 2. The van der Waals surface area contributed by atoms with Crippen molar-refractivity contribution in [3.63, 3.8) is 0 Å². The Labute approximate surface area is 170 Å². The molecule has 5 nitrogen and oxygen atoms in total. The van der Waals surface area contributed by atoms with Gasteiger partial charge in [0.1, 0.15) is 12.4 Å². The first kappa shape index (κ1) is 20.0. The second kappa shape index (κ2) is 8.93. The zero-order valence-electron chi connectivity index (χ0n) is 16.0. The Morgan fingerprint density at radius 2 is 1.86 bits per heavy atom. The molecule has 28 heavy (non-hydrogen) atoms. The minimum absolute atomic E-state index is 0.0407. The number of hydrogen-bond donors (Lipinski definition) is 0. The summed E-state index contributed by atoms with van der Waals surface area (Å²) < 4.78 is 5.66. The predicted octanol–water partition coefficient (Wildman–Crippen LogP) is 4.14. The number of ether oxygens (including phenoxy) is 1. The van der Waals surface area contributed by atoms with Crippen molar-refractivity contribution in [3.8, 4) is 5.75 Å². The lowest BCUT2D eigenvalue weighted by Crippen LogP contribution is -2.37. The third-order valence-electron chi connectivity index (χ3n) is 4.77. The monoisotopic (exact) mass is 398 g/mol. The van der Waals surface area contributed by atoms with Crippen LogP contribution in [0.5, 0.6) is 5.75 Å². The van der Waals surface area contributed by atoms with Gasteiger partial charge in [-0.25, -0.2) is 0 Å². The van der Waals surface area contributed by atoms with E-state index >= 15 is 0 Å². The first-order valence-corrected chi connectivity index (χ1v) is 9.52. The van der Waals surface area contributed by atoms with Gasteiger partial charge < -0.3 is 14.5 Å². The molecule has 0 aliphatic carbocycles. The van der Waals surface area contributed by atoms with Crippen molar-refractivity contribution in [2.75, 3.05) is 20.2 Å². The minimum atomic E-state index is -0.300. The fraction of sp³-hybridized carbons (Fsp3) is 0.273. The molecule has 2 amide bonds. The summed E-state index contributed by atoms with van der Waals surface area (Å²) in [6.45, 7) is 2.34. The molecule has 3 rings (SSSR count). The molecule has 0 aromatic heterocycles. The van der Waals surface area contributed by atoms with Crippen molar-refractivity contribution in [2.24, 2.45) is 0 Å². The van der Waals surface area contributed by atoms with Crippen molar-refractivity contribution in [3.05, 3.63) is 70.9 Å². The molecule has 146 valence electrons. The molecule has 1 unspecified atom stereocenters. The Balaban J connectivity index is 1.61. The second-order valence-electron chi connectivity index (χ2n) is 6.71. The van der Waals surface area contributed by atoms with Gasteiger partial charge >= 0.3 is 0 Å². The van der Waals surface area contributed by atoms with E-state index in [2.05, 4.69) is 0 Å². The van der Waals surface area contributed by atoms with Gasteiger partial charge in [0.2, 0.25) is 11.8 Å². The second-order valence-corrected chi connectivity index (χ2v) is 7.14. The van der Waals surface area contributed by atoms with Crippen molar-refractivity contribution in [1.29, 1.82) is 0 Å². The first-order valence-electron chi connectivity index (χ1n) is 9.14. The molecule has 0 saturated carbocycles. The number of rotatable bonds is 6. The highest BCUT2D eigenvalue weighted by Crippen LogP contribution is 2.33. The molecule has 2 aromatic rings. The van der Waals surface area contributed by atoms with Gasteiger partial charge in [-0.3, -0.25) is 9.59 Å². The van der Waals surface area contributed by atoms with Crippen molar-refractivity contribution in [1.82, 2.24) is 9.80 Å². The number of benzene rings is 2. The Hall–Kier alpha value is -2.79. The van der Waals surface area contributed by atoms with Crippen LogP contribution < -0.4 is 4.74 Å². The SMILES string of the molecule is CC(=O)N1C=Cc2ccccc2C1CC(=O)N(C)CCOc1ccc(Cl)cc1. The summed E-state index contributed by atoms with van der Waals surface area (Å²) in [6, 6.07) is 14.6. The summed E-state index contributed by atoms with van der Waals surface area (Å²) in [5, 5.41) is 0.650. The van der Waals surface area contributed by atoms with Gasteiger partial charge in [0, 0.05) is 25.2 Å². The first-order chi connectivity index (χ1) is 13.5. The minimum Gasteiger partial charge on any atom is -0.492 e. The Kier molecular flexibility index (Phi) is 6.37. The molecule has 0 fully saturated rings. The van der Waals surface area contributed by atoms with Gasteiger partial charge in [0.25, 0.3) is 0 Å². The summed E-state index contributed by atoms with van der Waals surface area (Å²) in [7, 11) is 1.75. The molecule has 2 aromatic carbocycles. The normalized spacial score (nSPS) is 15.1. The quantitative estimate of drug-likeness (QED) is 0.734. The molecule has 0 spiro atoms. The number of fused-ring (bicyclic) bond motifs is 1. The van der Waals surface area contributed by atoms with Gasteiger partial charge in [-0.05, 0) is 41.5 Å². The molecule has 1 aliphatic rings. The highest BCUT2D eigenvalue weighted by Gasteiger charge is 2.29. The maximum atomic E-state index is 12.8. The number of likely N-dealkylation sites (N-methyl/N-ethyl adjacent to an activating group) is 1. The van der Waals surface area contributed by atoms with Crippen LogP contribution in [-0.2, 0) is 9.59 Å². The lowest BCUT2D eigenvalue weighted by Gasteiger charge is -2.33. The molecule has 0 N–H and O–H groups in total. The molecule has 1 heterocycles. The molecule has 0 bridgehead atoms. The maximum absolute atomic E-state index is 12.8. The molecule has 0 saturated heterocycles. The van der Waals surface area contributed by atoms with E-state index in [0.717, 1.165) is 11.1 Å². The summed E-state index contributed by atoms with van der Waals surface area (Å²) in [6.07, 6.45) is 3.88. The third kappa shape index (κ3) is 4.73. The average Bonchev–Trinajstić information content (AvgIpc) is 2.69. The third-order valence-corrected chi connectivity index (χ3v) is 5.02. The fourth-order valence-corrected chi connectivity index (χ4v) is 3.32. The standard InChI is InChI=1S/C22H23ClN2O3/c1-16(26)25-12-11-17-5-3-4-6-20(17)21(25)15-22(27)24(2)13-14-28-19-9-7-18(23)8-10-19/h3-12,21H,13-15H2,1-2H3. The summed E-state index contributed by atoms with van der Waals surface area (Å²) in [5.41, 5.74) is 2.02. The van der Waals surface area contributed by atoms with Gasteiger partial charge in [0.15, 0.2) is 0 Å². The number of halogens is 1. The molecule has 1 atom stereocenters. The predicted molar refractivity (Wildman–Crippen MR) is 110 cm³/mol. The van der Waals surface area contributed by atoms with Crippen LogP contribution >= 0.6 is 11.6 Å². The average molecular weight is 399 g/mol. The van der Waals surface area contributed by atoms with E-state index in [1.807, 2.05) is 30.3 Å². The number of carbonyl (C=O) groups is 2. The highest BCUT2D eigenvalue weighted by molar-refractivity contribution is 6.30. The van der Waals surface area contributed by atoms with E-state index in [4.69, 9.17) is 16.3 Å². The smallest absolute Gasteiger partial charge is 0.224 e. The molecule has 6 heteroatoms. The van der Waals surface area contributed by atoms with Crippen LogP contribution in [0.1, 0.15) is 30.5 Å². The van der Waals surface area contributed by atoms with E-state index in [9.17, 15) is 9.59 Å². The Bertz CT molecular complexity index is 880. The van der Waals surface area contributed by atoms with Crippen LogP contribution in [0.15, 0.2) is 54.7 Å². The molecule has 0 radical (unpaired) electrons. The van der Waals surface area contributed by atoms with Crippen LogP contribution in [0.3, 0.4) is 0 Å². The fourth-order valence-electron chi connectivity index (χ4n) is 3.19. The van der Waals surface area contributed by atoms with Crippen LogP contribution in [0.2, 0.25) is 5.02 Å². The maximum Gasteiger partial charge on any atom is 0.224 e. The van der Waals surface area contributed by atoms with Crippen molar-refractivity contribution < 1.29 is 14.3 Å². The Morgan fingerprint density at radius 1 is 1.14 bits per heavy atom. The number of carbonyl (C=O) groups excluding carboxylic acids is 2. The molecule has 1 aliphatic heterocycles. The summed E-state index contributed by atoms with van der Waals surface area (Å²) in [4.78, 5) is 28.1. The molecular weight excluding hydrogens is 376 g/mol. The topological polar surface area (TPSA) is 49.9 Å². The zero-order chi connectivity index (χ0) is 20.1. The zero-order valence-corrected chi connectivity index (χ0v) is 16.7. The van der Waals surface area contributed by atoms with Crippen molar-refractivity contribution >= 4 is 29.5 Å². The lowest BCUT2D eigenvalue weighted by molar-refractivity contribution is -0.134. The largest absolute Gasteiger partial charge is 0.492 e. The van der Waals surface area contributed by atoms with E-state index in [-0.39, 0.29) is 24.3 Å². The van der Waals surface area contributed by atoms with Gasteiger partial charge in [-0.15, -0.1) is 0 Å². The van der Waals surface area contributed by atoms with Gasteiger partial charge in [-0.1, -0.05) is 35.9 Å². The summed E-state index contributed by atoms with van der Waals surface area (Å²) >= 11 is 5.86. The van der Waals surface area contributed by atoms with Crippen LogP contribution in [0.25, 0.3) is 6.08 Å². The van der Waals surface area contributed by atoms with Gasteiger partial charge in [-0.2, -0.15) is 0 Å². The summed E-state index contributed by atoms with van der Waals surface area (Å²) in [5.74, 6) is 0.581. The number of amides is 2.